The van der Waals surface area contributed by atoms with Crippen molar-refractivity contribution in [1.82, 2.24) is 0 Å². The summed E-state index contributed by atoms with van der Waals surface area (Å²) in [7, 11) is 0. The van der Waals surface area contributed by atoms with Gasteiger partial charge in [0.05, 0.1) is 6.07 Å². The zero-order valence-corrected chi connectivity index (χ0v) is 10.8. The molecule has 86 valence electrons. The molecule has 0 amide bonds. The predicted molar refractivity (Wildman–Crippen MR) is 70.1 cm³/mol. The highest BCUT2D eigenvalue weighted by atomic mass is 32.2. The van der Waals surface area contributed by atoms with E-state index in [0.29, 0.717) is 5.75 Å². The Morgan fingerprint density at radius 3 is 2.25 bits per heavy atom. The summed E-state index contributed by atoms with van der Waals surface area (Å²) in [4.78, 5) is 0. The Hall–Kier alpha value is -0.980. The van der Waals surface area contributed by atoms with Gasteiger partial charge in [0.2, 0.25) is 0 Å². The summed E-state index contributed by atoms with van der Waals surface area (Å²) < 4.78 is 0.121. The van der Waals surface area contributed by atoms with Crippen LogP contribution in [0.5, 0.6) is 0 Å². The topological polar surface area (TPSA) is 49.8 Å². The van der Waals surface area contributed by atoms with Gasteiger partial charge in [0, 0.05) is 10.5 Å². The molecule has 0 heterocycles. The third-order valence-electron chi connectivity index (χ3n) is 2.22. The number of benzene rings is 1. The predicted octanol–water partition coefficient (Wildman–Crippen LogP) is 2.90. The molecule has 0 saturated heterocycles. The molecule has 1 atom stereocenters. The standard InChI is InChI=1S/C13H18N2S/c1-12(2,3)16-10-13(15,9-14)11-7-5-4-6-8-11/h4-8H,10,15H2,1-3H3. The summed E-state index contributed by atoms with van der Waals surface area (Å²) in [5.74, 6) is 0.608. The third kappa shape index (κ3) is 3.55. The van der Waals surface area contributed by atoms with Gasteiger partial charge in [-0.25, -0.2) is 0 Å². The Labute approximate surface area is 102 Å². The first-order valence-electron chi connectivity index (χ1n) is 5.27. The highest BCUT2D eigenvalue weighted by Crippen LogP contribution is 2.30. The van der Waals surface area contributed by atoms with Gasteiger partial charge in [-0.1, -0.05) is 51.1 Å². The molecule has 0 aliphatic rings. The van der Waals surface area contributed by atoms with Crippen LogP contribution in [0.1, 0.15) is 26.3 Å². The highest BCUT2D eigenvalue weighted by Gasteiger charge is 2.29. The fourth-order valence-electron chi connectivity index (χ4n) is 1.25. The Morgan fingerprint density at radius 1 is 1.25 bits per heavy atom. The second kappa shape index (κ2) is 4.90. The Bertz CT molecular complexity index is 375. The second-order valence-electron chi connectivity index (χ2n) is 4.85. The van der Waals surface area contributed by atoms with Crippen LogP contribution in [0.25, 0.3) is 0 Å². The quantitative estimate of drug-likeness (QED) is 0.875. The van der Waals surface area contributed by atoms with E-state index in [0.717, 1.165) is 5.56 Å². The number of nitrogens with zero attached hydrogens (tertiary/aromatic N) is 1. The van der Waals surface area contributed by atoms with Gasteiger partial charge in [0.25, 0.3) is 0 Å². The van der Waals surface area contributed by atoms with E-state index < -0.39 is 5.54 Å². The summed E-state index contributed by atoms with van der Waals surface area (Å²) in [5, 5.41) is 9.25. The number of nitrogens with two attached hydrogens (primary N) is 1. The van der Waals surface area contributed by atoms with E-state index in [-0.39, 0.29) is 4.75 Å². The minimum Gasteiger partial charge on any atom is -0.309 e. The van der Waals surface area contributed by atoms with Crippen molar-refractivity contribution in [3.05, 3.63) is 35.9 Å². The van der Waals surface area contributed by atoms with E-state index >= 15 is 0 Å². The SMILES string of the molecule is CC(C)(C)SCC(N)(C#N)c1ccccc1. The Kier molecular flexibility index (Phi) is 4.01. The third-order valence-corrected chi connectivity index (χ3v) is 3.69. The van der Waals surface area contributed by atoms with Crippen LogP contribution in [0.15, 0.2) is 30.3 Å². The zero-order valence-electron chi connectivity index (χ0n) is 10.0. The lowest BCUT2D eigenvalue weighted by Gasteiger charge is -2.26. The summed E-state index contributed by atoms with van der Waals surface area (Å²) in [6.07, 6.45) is 0. The molecule has 0 fully saturated rings. The van der Waals surface area contributed by atoms with Crippen LogP contribution in [-0.2, 0) is 5.54 Å². The van der Waals surface area contributed by atoms with Crippen LogP contribution in [0.3, 0.4) is 0 Å². The lowest BCUT2D eigenvalue weighted by Crippen LogP contribution is -2.38. The molecule has 1 aromatic carbocycles. The molecule has 0 saturated carbocycles. The van der Waals surface area contributed by atoms with Crippen molar-refractivity contribution >= 4 is 11.8 Å². The monoisotopic (exact) mass is 234 g/mol. The summed E-state index contributed by atoms with van der Waals surface area (Å²) in [6.45, 7) is 6.38. The van der Waals surface area contributed by atoms with Crippen molar-refractivity contribution in [2.45, 2.75) is 31.1 Å². The lowest BCUT2D eigenvalue weighted by atomic mass is 9.95. The van der Waals surface area contributed by atoms with Crippen LogP contribution in [0.4, 0.5) is 0 Å². The van der Waals surface area contributed by atoms with Gasteiger partial charge in [-0.3, -0.25) is 0 Å². The first kappa shape index (κ1) is 13.1. The number of hydrogen-bond donors (Lipinski definition) is 1. The molecule has 0 aliphatic heterocycles. The van der Waals surface area contributed by atoms with E-state index in [1.54, 1.807) is 11.8 Å². The van der Waals surface area contributed by atoms with Gasteiger partial charge in [-0.05, 0) is 5.56 Å². The van der Waals surface area contributed by atoms with Crippen LogP contribution >= 0.6 is 11.8 Å². The number of thioether (sulfide) groups is 1. The Morgan fingerprint density at radius 2 is 1.81 bits per heavy atom. The number of nitriles is 1. The van der Waals surface area contributed by atoms with Gasteiger partial charge in [0.15, 0.2) is 0 Å². The minimum atomic E-state index is -0.890. The molecule has 3 heteroatoms. The summed E-state index contributed by atoms with van der Waals surface area (Å²) in [6, 6.07) is 11.8. The molecule has 0 bridgehead atoms. The fourth-order valence-corrected chi connectivity index (χ4v) is 2.14. The van der Waals surface area contributed by atoms with Crippen LogP contribution in [-0.4, -0.2) is 10.5 Å². The lowest BCUT2D eigenvalue weighted by molar-refractivity contribution is 0.652. The molecule has 0 radical (unpaired) electrons. The maximum absolute atomic E-state index is 9.25. The van der Waals surface area contributed by atoms with Gasteiger partial charge in [0.1, 0.15) is 5.54 Å². The molecule has 0 spiro atoms. The molecular weight excluding hydrogens is 216 g/mol. The average molecular weight is 234 g/mol. The molecular formula is C13H18N2S. The highest BCUT2D eigenvalue weighted by molar-refractivity contribution is 8.00. The second-order valence-corrected chi connectivity index (χ2v) is 6.65. The van der Waals surface area contributed by atoms with Gasteiger partial charge in [-0.15, -0.1) is 0 Å². The molecule has 0 aliphatic carbocycles. The molecule has 16 heavy (non-hydrogen) atoms. The summed E-state index contributed by atoms with van der Waals surface area (Å²) in [5.41, 5.74) is 6.14. The minimum absolute atomic E-state index is 0.121. The van der Waals surface area contributed by atoms with E-state index in [2.05, 4.69) is 26.8 Å². The normalized spacial score (nSPS) is 15.2. The van der Waals surface area contributed by atoms with E-state index in [1.165, 1.54) is 0 Å². The van der Waals surface area contributed by atoms with E-state index in [4.69, 9.17) is 5.73 Å². The van der Waals surface area contributed by atoms with Crippen molar-refractivity contribution in [2.75, 3.05) is 5.75 Å². The van der Waals surface area contributed by atoms with Crippen molar-refractivity contribution in [1.29, 1.82) is 5.26 Å². The van der Waals surface area contributed by atoms with E-state index in [1.807, 2.05) is 30.3 Å². The van der Waals surface area contributed by atoms with Crippen molar-refractivity contribution < 1.29 is 0 Å². The Balaban J connectivity index is 2.84. The van der Waals surface area contributed by atoms with Gasteiger partial charge < -0.3 is 5.73 Å². The first-order chi connectivity index (χ1) is 7.37. The smallest absolute Gasteiger partial charge is 0.138 e. The number of hydrogen-bond acceptors (Lipinski definition) is 3. The van der Waals surface area contributed by atoms with Crippen LogP contribution in [0.2, 0.25) is 0 Å². The molecule has 1 rings (SSSR count). The fraction of sp³-hybridized carbons (Fsp3) is 0.462. The average Bonchev–Trinajstić information content (AvgIpc) is 2.26. The molecule has 1 unspecified atom stereocenters. The van der Waals surface area contributed by atoms with Gasteiger partial charge in [-0.2, -0.15) is 17.0 Å². The molecule has 2 nitrogen and oxygen atoms in total. The molecule has 2 N–H and O–H groups in total. The molecule has 0 aromatic heterocycles. The first-order valence-corrected chi connectivity index (χ1v) is 6.25. The zero-order chi connectivity index (χ0) is 12.2. The van der Waals surface area contributed by atoms with Crippen molar-refractivity contribution in [3.63, 3.8) is 0 Å². The van der Waals surface area contributed by atoms with Crippen LogP contribution < -0.4 is 5.73 Å². The van der Waals surface area contributed by atoms with E-state index in [9.17, 15) is 5.26 Å². The number of rotatable bonds is 3. The maximum atomic E-state index is 9.25. The largest absolute Gasteiger partial charge is 0.309 e. The maximum Gasteiger partial charge on any atom is 0.138 e. The van der Waals surface area contributed by atoms with Crippen molar-refractivity contribution in [3.8, 4) is 6.07 Å². The van der Waals surface area contributed by atoms with Crippen molar-refractivity contribution in [2.24, 2.45) is 5.73 Å². The van der Waals surface area contributed by atoms with Gasteiger partial charge >= 0.3 is 0 Å². The van der Waals surface area contributed by atoms with Crippen LogP contribution in [0, 0.1) is 11.3 Å². The summed E-state index contributed by atoms with van der Waals surface area (Å²) >= 11 is 1.71. The molecule has 1 aromatic rings.